The number of aromatic nitrogens is 2. The quantitative estimate of drug-likeness (QED) is 0.410. The van der Waals surface area contributed by atoms with Gasteiger partial charge < -0.3 is 9.84 Å². The van der Waals surface area contributed by atoms with Gasteiger partial charge in [0.25, 0.3) is 0 Å². The van der Waals surface area contributed by atoms with Gasteiger partial charge in [0, 0.05) is 33.3 Å². The first-order valence-electron chi connectivity index (χ1n) is 10.5. The van der Waals surface area contributed by atoms with E-state index in [1.807, 2.05) is 32.0 Å². The van der Waals surface area contributed by atoms with Crippen LogP contribution in [0.15, 0.2) is 36.4 Å². The maximum absolute atomic E-state index is 12.6. The minimum absolute atomic E-state index is 0.0667. The van der Waals surface area contributed by atoms with E-state index in [1.54, 1.807) is 18.2 Å². The molecular weight excluding hydrogens is 475 g/mol. The van der Waals surface area contributed by atoms with Crippen LogP contribution in [0.4, 0.5) is 0 Å². The topological polar surface area (TPSA) is 92.3 Å². The van der Waals surface area contributed by atoms with Gasteiger partial charge in [0.2, 0.25) is 5.88 Å². The number of carbonyl (C=O) groups excluding carboxylic acids is 1. The molecule has 6 nitrogen and oxygen atoms in total. The van der Waals surface area contributed by atoms with Crippen LogP contribution in [0.3, 0.4) is 0 Å². The molecule has 0 spiro atoms. The number of H-pyrrole nitrogens is 1. The maximum atomic E-state index is 12.6. The van der Waals surface area contributed by atoms with Crippen LogP contribution in [0.1, 0.15) is 36.2 Å². The molecule has 0 bridgehead atoms. The molecule has 0 aliphatic rings. The number of carboxylic acids is 1. The molecule has 3 rings (SSSR count). The third kappa shape index (κ3) is 5.99. The summed E-state index contributed by atoms with van der Waals surface area (Å²) in [7, 11) is 0. The summed E-state index contributed by atoms with van der Waals surface area (Å²) in [5.41, 5.74) is 3.31. The maximum Gasteiger partial charge on any atom is 0.321 e. The van der Waals surface area contributed by atoms with Gasteiger partial charge in [-0.25, -0.2) is 0 Å². The van der Waals surface area contributed by atoms with Crippen molar-refractivity contribution in [2.45, 2.75) is 34.1 Å². The van der Waals surface area contributed by atoms with Crippen LogP contribution in [-0.2, 0) is 16.0 Å². The van der Waals surface area contributed by atoms with Crippen molar-refractivity contribution in [3.05, 3.63) is 68.8 Å². The first kappa shape index (κ1) is 25.4. The van der Waals surface area contributed by atoms with Crippen LogP contribution in [0, 0.1) is 31.1 Å². The van der Waals surface area contributed by atoms with Gasteiger partial charge in [0.1, 0.15) is 12.0 Å². The number of hydrogen-bond acceptors (Lipinski definition) is 4. The van der Waals surface area contributed by atoms with Crippen LogP contribution in [0.25, 0.3) is 11.1 Å². The van der Waals surface area contributed by atoms with Gasteiger partial charge >= 0.3 is 5.97 Å². The van der Waals surface area contributed by atoms with Crippen LogP contribution in [-0.4, -0.2) is 33.7 Å². The zero-order chi connectivity index (χ0) is 25.0. The Kier molecular flexibility index (Phi) is 7.71. The average molecular weight is 499 g/mol. The van der Waals surface area contributed by atoms with Crippen molar-refractivity contribution < 1.29 is 19.4 Å². The second kappa shape index (κ2) is 10.3. The van der Waals surface area contributed by atoms with Crippen molar-refractivity contribution in [3.63, 3.8) is 0 Å². The number of ether oxygens (including phenoxy) is 1. The van der Waals surface area contributed by atoms with Gasteiger partial charge in [-0.05, 0) is 57.0 Å². The summed E-state index contributed by atoms with van der Waals surface area (Å²) in [5.74, 6) is 4.64. The van der Waals surface area contributed by atoms with Crippen LogP contribution < -0.4 is 4.74 Å². The molecule has 2 aromatic carbocycles. The predicted octanol–water partition coefficient (Wildman–Crippen LogP) is 5.65. The second-order valence-corrected chi connectivity index (χ2v) is 9.32. The summed E-state index contributed by atoms with van der Waals surface area (Å²) < 4.78 is 5.72. The van der Waals surface area contributed by atoms with E-state index in [0.29, 0.717) is 32.6 Å². The van der Waals surface area contributed by atoms with Gasteiger partial charge in [-0.15, -0.1) is 5.10 Å². The first-order chi connectivity index (χ1) is 16.0. The van der Waals surface area contributed by atoms with Crippen LogP contribution in [0.2, 0.25) is 10.0 Å². The van der Waals surface area contributed by atoms with Crippen molar-refractivity contribution in [3.8, 4) is 28.8 Å². The van der Waals surface area contributed by atoms with Crippen LogP contribution in [0.5, 0.6) is 5.88 Å². The second-order valence-electron chi connectivity index (χ2n) is 8.50. The van der Waals surface area contributed by atoms with Crippen LogP contribution >= 0.6 is 23.2 Å². The summed E-state index contributed by atoms with van der Waals surface area (Å²) in [5, 5.41) is 17.2. The fourth-order valence-corrected chi connectivity index (χ4v) is 3.69. The highest BCUT2D eigenvalue weighted by atomic mass is 35.5. The van der Waals surface area contributed by atoms with Crippen molar-refractivity contribution in [2.24, 2.45) is 5.41 Å². The highest BCUT2D eigenvalue weighted by Gasteiger charge is 2.24. The minimum atomic E-state index is -1.18. The number of nitrogens with zero attached hydrogens (tertiary/aromatic N) is 1. The number of benzene rings is 2. The molecule has 1 aromatic heterocycles. The normalized spacial score (nSPS) is 11.0. The first-order valence-corrected chi connectivity index (χ1v) is 11.2. The number of nitrogens with one attached hydrogen (secondary N) is 1. The van der Waals surface area contributed by atoms with Gasteiger partial charge in [0.15, 0.2) is 5.78 Å². The number of aryl methyl sites for hydroxylation is 2. The fourth-order valence-electron chi connectivity index (χ4n) is 3.11. The molecule has 34 heavy (non-hydrogen) atoms. The SMILES string of the molecule is Cc1ccc(-c2c(OCC(=O)Cc3ccc(C#CC(C)(C)C(=O)O)cc3Cl)n[nH]c2C)c(Cl)c1. The van der Waals surface area contributed by atoms with E-state index in [-0.39, 0.29) is 18.8 Å². The third-order valence-corrected chi connectivity index (χ3v) is 5.84. The molecule has 0 radical (unpaired) electrons. The van der Waals surface area contributed by atoms with E-state index in [9.17, 15) is 9.59 Å². The summed E-state index contributed by atoms with van der Waals surface area (Å²) in [6, 6.07) is 10.7. The molecule has 0 fully saturated rings. The third-order valence-electron chi connectivity index (χ3n) is 5.17. The molecule has 0 aliphatic heterocycles. The Labute approximate surface area is 208 Å². The number of ketones is 1. The number of halogens is 2. The molecule has 2 N–H and O–H groups in total. The predicted molar refractivity (Wildman–Crippen MR) is 132 cm³/mol. The summed E-state index contributed by atoms with van der Waals surface area (Å²) in [4.78, 5) is 23.8. The summed E-state index contributed by atoms with van der Waals surface area (Å²) in [6.07, 6.45) is 0.0667. The zero-order valence-electron chi connectivity index (χ0n) is 19.3. The molecular formula is C26H24Cl2N2O4. The molecule has 176 valence electrons. The molecule has 0 saturated carbocycles. The Morgan fingerprint density at radius 1 is 1.12 bits per heavy atom. The van der Waals surface area contributed by atoms with Crippen molar-refractivity contribution in [1.29, 1.82) is 0 Å². The Morgan fingerprint density at radius 3 is 2.50 bits per heavy atom. The fraction of sp³-hybridized carbons (Fsp3) is 0.269. The average Bonchev–Trinajstić information content (AvgIpc) is 3.12. The number of aliphatic carboxylic acids is 1. The minimum Gasteiger partial charge on any atom is -0.480 e. The van der Waals surface area contributed by atoms with Gasteiger partial charge in [-0.2, -0.15) is 0 Å². The lowest BCUT2D eigenvalue weighted by molar-refractivity contribution is -0.143. The molecule has 0 saturated heterocycles. The number of rotatable bonds is 7. The Balaban J connectivity index is 1.69. The number of hydrogen-bond donors (Lipinski definition) is 2. The number of Topliss-reactive ketones (excluding diaryl/α,β-unsaturated/α-hetero) is 1. The molecule has 3 aromatic rings. The van der Waals surface area contributed by atoms with Gasteiger partial charge in [0.05, 0.1) is 5.56 Å². The van der Waals surface area contributed by atoms with E-state index in [2.05, 4.69) is 22.0 Å². The van der Waals surface area contributed by atoms with Crippen molar-refractivity contribution in [1.82, 2.24) is 10.2 Å². The Hall–Kier alpha value is -3.27. The lowest BCUT2D eigenvalue weighted by Crippen LogP contribution is -2.21. The van der Waals surface area contributed by atoms with E-state index in [4.69, 9.17) is 33.0 Å². The number of aromatic amines is 1. The van der Waals surface area contributed by atoms with E-state index >= 15 is 0 Å². The van der Waals surface area contributed by atoms with E-state index in [0.717, 1.165) is 16.8 Å². The molecule has 0 atom stereocenters. The molecule has 1 heterocycles. The number of carboxylic acid groups (broad SMARTS) is 1. The Bertz CT molecular complexity index is 1320. The van der Waals surface area contributed by atoms with E-state index in [1.165, 1.54) is 13.8 Å². The lowest BCUT2D eigenvalue weighted by atomic mass is 9.94. The smallest absolute Gasteiger partial charge is 0.321 e. The van der Waals surface area contributed by atoms with Crippen molar-refractivity contribution in [2.75, 3.05) is 6.61 Å². The largest absolute Gasteiger partial charge is 0.480 e. The molecule has 8 heteroatoms. The molecule has 0 aliphatic carbocycles. The lowest BCUT2D eigenvalue weighted by Gasteiger charge is -2.10. The highest BCUT2D eigenvalue weighted by Crippen LogP contribution is 2.36. The van der Waals surface area contributed by atoms with E-state index < -0.39 is 11.4 Å². The number of carbonyl (C=O) groups is 2. The highest BCUT2D eigenvalue weighted by molar-refractivity contribution is 6.33. The molecule has 0 unspecified atom stereocenters. The standard InChI is InChI=1S/C26H24Cl2N2O4/c1-15-5-8-20(22(28)11-15)23-16(2)29-30-24(23)34-14-19(31)13-18-7-6-17(12-21(18)27)9-10-26(3,4)25(32)33/h5-8,11-12H,13-14H2,1-4H3,(H,29,30)(H,32,33). The van der Waals surface area contributed by atoms with Gasteiger partial charge in [-0.3, -0.25) is 14.7 Å². The summed E-state index contributed by atoms with van der Waals surface area (Å²) >= 11 is 12.7. The monoisotopic (exact) mass is 498 g/mol. The summed E-state index contributed by atoms with van der Waals surface area (Å²) in [6.45, 7) is 6.67. The van der Waals surface area contributed by atoms with Crippen molar-refractivity contribution >= 4 is 35.0 Å². The van der Waals surface area contributed by atoms with Gasteiger partial charge in [-0.1, -0.05) is 53.2 Å². The molecule has 0 amide bonds. The zero-order valence-corrected chi connectivity index (χ0v) is 20.8. The Morgan fingerprint density at radius 2 is 1.85 bits per heavy atom.